The molecule has 1 amide bonds. The van der Waals surface area contributed by atoms with Gasteiger partial charge in [-0.2, -0.15) is 0 Å². The minimum atomic E-state index is -1.45. The predicted octanol–water partition coefficient (Wildman–Crippen LogP) is 2.06. The zero-order chi connectivity index (χ0) is 14.0. The van der Waals surface area contributed by atoms with Gasteiger partial charge in [0.15, 0.2) is 0 Å². The van der Waals surface area contributed by atoms with Crippen LogP contribution in [0.25, 0.3) is 0 Å². The summed E-state index contributed by atoms with van der Waals surface area (Å²) in [5, 5.41) is 11.6. The van der Waals surface area contributed by atoms with Gasteiger partial charge in [0.25, 0.3) is 0 Å². The Morgan fingerprint density at radius 3 is 2.79 bits per heavy atom. The fourth-order valence-electron chi connectivity index (χ4n) is 1.82. The number of benzene rings is 1. The number of amides is 1. The fraction of sp³-hybridized carbons (Fsp3) is 0.429. The molecule has 1 aromatic rings. The Labute approximate surface area is 111 Å². The van der Waals surface area contributed by atoms with Crippen LogP contribution in [0.4, 0.5) is 5.69 Å². The van der Waals surface area contributed by atoms with Crippen molar-refractivity contribution in [2.45, 2.75) is 26.7 Å². The Balaban J connectivity index is 2.16. The summed E-state index contributed by atoms with van der Waals surface area (Å²) in [6, 6.07) is 5.36. The van der Waals surface area contributed by atoms with Crippen molar-refractivity contribution in [2.24, 2.45) is 5.41 Å². The smallest absolute Gasteiger partial charge is 0.318 e. The maximum absolute atomic E-state index is 11.9. The second kappa shape index (κ2) is 4.91. The minimum absolute atomic E-state index is 0.531. The van der Waals surface area contributed by atoms with Gasteiger partial charge >= 0.3 is 5.97 Å². The number of hydrogen-bond acceptors (Lipinski definition) is 3. The van der Waals surface area contributed by atoms with Gasteiger partial charge in [-0.05, 0) is 50.5 Å². The van der Waals surface area contributed by atoms with E-state index in [9.17, 15) is 9.59 Å². The molecule has 1 aliphatic heterocycles. The van der Waals surface area contributed by atoms with Crippen molar-refractivity contribution in [3.8, 4) is 5.75 Å². The van der Waals surface area contributed by atoms with Crippen LogP contribution in [0.3, 0.4) is 0 Å². The topological polar surface area (TPSA) is 75.6 Å². The first-order valence-corrected chi connectivity index (χ1v) is 6.22. The van der Waals surface area contributed by atoms with Crippen molar-refractivity contribution in [3.05, 3.63) is 23.8 Å². The number of fused-ring (bicyclic) bond motifs is 1. The van der Waals surface area contributed by atoms with Crippen molar-refractivity contribution in [1.29, 1.82) is 0 Å². The third-order valence-electron chi connectivity index (χ3n) is 3.27. The number of aliphatic carboxylic acids is 1. The molecule has 0 atom stereocenters. The maximum atomic E-state index is 11.9. The first kappa shape index (κ1) is 13.4. The van der Waals surface area contributed by atoms with Crippen LogP contribution in [0.15, 0.2) is 18.2 Å². The van der Waals surface area contributed by atoms with Gasteiger partial charge in [-0.1, -0.05) is 0 Å². The number of nitrogens with one attached hydrogen (secondary N) is 1. The lowest BCUT2D eigenvalue weighted by molar-refractivity contribution is -0.151. The van der Waals surface area contributed by atoms with E-state index < -0.39 is 17.3 Å². The molecule has 0 spiro atoms. The van der Waals surface area contributed by atoms with E-state index in [1.807, 2.05) is 6.07 Å². The molecule has 0 aliphatic carbocycles. The van der Waals surface area contributed by atoms with Gasteiger partial charge < -0.3 is 15.2 Å². The number of carbonyl (C=O) groups is 2. The Kier molecular flexibility index (Phi) is 3.46. The first-order valence-electron chi connectivity index (χ1n) is 6.22. The van der Waals surface area contributed by atoms with Gasteiger partial charge in [-0.3, -0.25) is 9.59 Å². The number of hydrogen-bond donors (Lipinski definition) is 2. The summed E-state index contributed by atoms with van der Waals surface area (Å²) in [5.41, 5.74) is 0.188. The van der Waals surface area contributed by atoms with Gasteiger partial charge in [-0.25, -0.2) is 0 Å². The summed E-state index contributed by atoms with van der Waals surface area (Å²) in [7, 11) is 0. The third-order valence-corrected chi connectivity index (χ3v) is 3.27. The summed E-state index contributed by atoms with van der Waals surface area (Å²) in [4.78, 5) is 22.9. The highest BCUT2D eigenvalue weighted by molar-refractivity contribution is 6.07. The molecule has 0 radical (unpaired) electrons. The van der Waals surface area contributed by atoms with Gasteiger partial charge in [-0.15, -0.1) is 0 Å². The quantitative estimate of drug-likeness (QED) is 0.818. The van der Waals surface area contributed by atoms with Gasteiger partial charge in [0.05, 0.1) is 6.61 Å². The van der Waals surface area contributed by atoms with E-state index in [2.05, 4.69) is 5.32 Å². The molecule has 0 saturated carbocycles. The average molecular weight is 263 g/mol. The van der Waals surface area contributed by atoms with E-state index in [1.54, 1.807) is 12.1 Å². The molecule has 1 heterocycles. The number of rotatable bonds is 3. The molecule has 0 fully saturated rings. The highest BCUT2D eigenvalue weighted by Crippen LogP contribution is 2.28. The molecule has 0 aromatic heterocycles. The van der Waals surface area contributed by atoms with Crippen molar-refractivity contribution in [2.75, 3.05) is 11.9 Å². The maximum Gasteiger partial charge on any atom is 0.318 e. The molecule has 0 unspecified atom stereocenters. The second-order valence-electron chi connectivity index (χ2n) is 5.16. The summed E-state index contributed by atoms with van der Waals surface area (Å²) < 4.78 is 5.48. The van der Waals surface area contributed by atoms with E-state index in [1.165, 1.54) is 13.8 Å². The number of aryl methyl sites for hydroxylation is 1. The van der Waals surface area contributed by atoms with Crippen LogP contribution in [0.1, 0.15) is 25.8 Å². The zero-order valence-electron chi connectivity index (χ0n) is 11.0. The summed E-state index contributed by atoms with van der Waals surface area (Å²) in [6.07, 6.45) is 1.85. The number of carbonyl (C=O) groups excluding carboxylic acids is 1. The molecule has 1 aliphatic rings. The largest absolute Gasteiger partial charge is 0.493 e. The van der Waals surface area contributed by atoms with Gasteiger partial charge in [0, 0.05) is 5.69 Å². The van der Waals surface area contributed by atoms with Gasteiger partial charge in [0.1, 0.15) is 11.2 Å². The molecule has 2 rings (SSSR count). The summed E-state index contributed by atoms with van der Waals surface area (Å²) in [5.74, 6) is -0.843. The van der Waals surface area contributed by atoms with E-state index in [0.717, 1.165) is 24.2 Å². The standard InChI is InChI=1S/C14H17NO4/c1-14(2,13(17)18)12(16)15-10-5-6-11-9(8-10)4-3-7-19-11/h5-6,8H,3-4,7H2,1-2H3,(H,15,16)(H,17,18). The lowest BCUT2D eigenvalue weighted by Crippen LogP contribution is -2.37. The van der Waals surface area contributed by atoms with E-state index in [0.29, 0.717) is 12.3 Å². The molecule has 2 N–H and O–H groups in total. The Morgan fingerprint density at radius 1 is 1.37 bits per heavy atom. The highest BCUT2D eigenvalue weighted by atomic mass is 16.5. The van der Waals surface area contributed by atoms with Crippen molar-refractivity contribution in [3.63, 3.8) is 0 Å². The molecule has 0 bridgehead atoms. The summed E-state index contributed by atoms with van der Waals surface area (Å²) >= 11 is 0. The second-order valence-corrected chi connectivity index (χ2v) is 5.16. The Bertz CT molecular complexity index is 522. The number of anilines is 1. The summed E-state index contributed by atoms with van der Waals surface area (Å²) in [6.45, 7) is 3.48. The van der Waals surface area contributed by atoms with Crippen molar-refractivity contribution < 1.29 is 19.4 Å². The average Bonchev–Trinajstić information content (AvgIpc) is 2.38. The molecule has 0 saturated heterocycles. The molecule has 102 valence electrons. The Hall–Kier alpha value is -2.04. The van der Waals surface area contributed by atoms with E-state index in [-0.39, 0.29) is 0 Å². The first-order chi connectivity index (χ1) is 8.91. The molecule has 19 heavy (non-hydrogen) atoms. The van der Waals surface area contributed by atoms with Crippen LogP contribution in [0.2, 0.25) is 0 Å². The van der Waals surface area contributed by atoms with Crippen LogP contribution in [0, 0.1) is 5.41 Å². The third kappa shape index (κ3) is 2.70. The van der Waals surface area contributed by atoms with Crippen LogP contribution in [-0.4, -0.2) is 23.6 Å². The van der Waals surface area contributed by atoms with Crippen molar-refractivity contribution >= 4 is 17.6 Å². The monoisotopic (exact) mass is 263 g/mol. The number of carboxylic acids is 1. The predicted molar refractivity (Wildman–Crippen MR) is 70.3 cm³/mol. The lowest BCUT2D eigenvalue weighted by Gasteiger charge is -2.21. The van der Waals surface area contributed by atoms with Crippen molar-refractivity contribution in [1.82, 2.24) is 0 Å². The highest BCUT2D eigenvalue weighted by Gasteiger charge is 2.36. The minimum Gasteiger partial charge on any atom is -0.493 e. The molecule has 5 heteroatoms. The molecular formula is C14H17NO4. The molecule has 5 nitrogen and oxygen atoms in total. The molecule has 1 aromatic carbocycles. The van der Waals surface area contributed by atoms with Gasteiger partial charge in [0.2, 0.25) is 5.91 Å². The van der Waals surface area contributed by atoms with Crippen LogP contribution in [-0.2, 0) is 16.0 Å². The normalized spacial score (nSPS) is 14.2. The molecular weight excluding hydrogens is 246 g/mol. The van der Waals surface area contributed by atoms with Crippen LogP contribution < -0.4 is 10.1 Å². The Morgan fingerprint density at radius 2 is 2.11 bits per heavy atom. The number of ether oxygens (including phenoxy) is 1. The zero-order valence-corrected chi connectivity index (χ0v) is 11.0. The number of carboxylic acid groups (broad SMARTS) is 1. The SMILES string of the molecule is CC(C)(C(=O)O)C(=O)Nc1ccc2c(c1)CCCO2. The fourth-order valence-corrected chi connectivity index (χ4v) is 1.82. The lowest BCUT2D eigenvalue weighted by atomic mass is 9.92. The van der Waals surface area contributed by atoms with Crippen LogP contribution in [0.5, 0.6) is 5.75 Å². The van der Waals surface area contributed by atoms with E-state index >= 15 is 0 Å². The van der Waals surface area contributed by atoms with Crippen LogP contribution >= 0.6 is 0 Å². The van der Waals surface area contributed by atoms with E-state index in [4.69, 9.17) is 9.84 Å².